The summed E-state index contributed by atoms with van der Waals surface area (Å²) >= 11 is 0. The third kappa shape index (κ3) is 5.59. The maximum atomic E-state index is 12.7. The van der Waals surface area contributed by atoms with E-state index < -0.39 is 5.97 Å². The van der Waals surface area contributed by atoms with Gasteiger partial charge in [0.2, 0.25) is 5.78 Å². The van der Waals surface area contributed by atoms with Crippen molar-refractivity contribution in [2.75, 3.05) is 13.7 Å². The van der Waals surface area contributed by atoms with Crippen molar-refractivity contribution in [1.82, 2.24) is 14.1 Å². The Morgan fingerprint density at radius 3 is 2.53 bits per heavy atom. The van der Waals surface area contributed by atoms with Crippen molar-refractivity contribution in [3.05, 3.63) is 63.5 Å². The summed E-state index contributed by atoms with van der Waals surface area (Å²) in [4.78, 5) is 53.2. The van der Waals surface area contributed by atoms with Crippen LogP contribution in [0, 0.1) is 13.8 Å². The zero-order valence-corrected chi connectivity index (χ0v) is 19.9. The van der Waals surface area contributed by atoms with Gasteiger partial charge in [0.15, 0.2) is 6.61 Å². The summed E-state index contributed by atoms with van der Waals surface area (Å²) in [5, 5.41) is 0.518. The Hall–Kier alpha value is -3.75. The summed E-state index contributed by atoms with van der Waals surface area (Å²) in [5.41, 5.74) is 2.54. The molecule has 0 unspecified atom stereocenters. The summed E-state index contributed by atoms with van der Waals surface area (Å²) in [6.45, 7) is 3.92. The number of para-hydroxylation sites is 1. The van der Waals surface area contributed by atoms with E-state index in [-0.39, 0.29) is 36.8 Å². The number of aryl methyl sites for hydroxylation is 2. The van der Waals surface area contributed by atoms with Gasteiger partial charge < -0.3 is 14.0 Å². The van der Waals surface area contributed by atoms with Gasteiger partial charge in [-0.2, -0.15) is 0 Å². The fraction of sp³-hybridized carbons (Fsp3) is 0.400. The lowest BCUT2D eigenvalue weighted by Crippen LogP contribution is -2.23. The second-order valence-electron chi connectivity index (χ2n) is 8.11. The first-order valence-electron chi connectivity index (χ1n) is 11.1. The molecule has 0 saturated heterocycles. The molecule has 0 atom stereocenters. The number of hydrogen-bond donors (Lipinski definition) is 0. The summed E-state index contributed by atoms with van der Waals surface area (Å²) in [7, 11) is 2.97. The van der Waals surface area contributed by atoms with Gasteiger partial charge in [-0.15, -0.1) is 0 Å². The molecule has 3 aromatic rings. The normalized spacial score (nSPS) is 10.9. The fourth-order valence-corrected chi connectivity index (χ4v) is 3.91. The lowest BCUT2D eigenvalue weighted by Gasteiger charge is -2.10. The number of ketones is 1. The number of esters is 2. The Bertz CT molecular complexity index is 1290. The summed E-state index contributed by atoms with van der Waals surface area (Å²) < 4.78 is 13.2. The highest BCUT2D eigenvalue weighted by Gasteiger charge is 2.18. The van der Waals surface area contributed by atoms with Crippen LogP contribution in [0.25, 0.3) is 10.9 Å². The summed E-state index contributed by atoms with van der Waals surface area (Å²) in [6.07, 6.45) is 1.11. The monoisotopic (exact) mass is 467 g/mol. The van der Waals surface area contributed by atoms with Crippen LogP contribution in [0.3, 0.4) is 0 Å². The number of ether oxygens (including phenoxy) is 2. The minimum Gasteiger partial charge on any atom is -0.469 e. The van der Waals surface area contributed by atoms with Crippen LogP contribution in [-0.2, 0) is 39.1 Å². The van der Waals surface area contributed by atoms with Gasteiger partial charge in [-0.1, -0.05) is 12.1 Å². The number of benzene rings is 1. The minimum atomic E-state index is -0.539. The van der Waals surface area contributed by atoms with Gasteiger partial charge in [0, 0.05) is 43.4 Å². The lowest BCUT2D eigenvalue weighted by atomic mass is 10.1. The molecule has 2 aromatic heterocycles. The molecule has 0 amide bonds. The number of methoxy groups -OCH3 is 1. The van der Waals surface area contributed by atoms with Gasteiger partial charge in [-0.25, -0.2) is 4.98 Å². The van der Waals surface area contributed by atoms with Gasteiger partial charge in [0.05, 0.1) is 24.4 Å². The van der Waals surface area contributed by atoms with E-state index in [1.54, 1.807) is 37.4 Å². The predicted octanol–water partition coefficient (Wildman–Crippen LogP) is 2.66. The van der Waals surface area contributed by atoms with E-state index in [0.29, 0.717) is 41.7 Å². The predicted molar refractivity (Wildman–Crippen MR) is 126 cm³/mol. The molecule has 0 aliphatic rings. The molecule has 0 aliphatic heterocycles. The molecular formula is C25H29N3O6. The molecule has 3 rings (SSSR count). The molecule has 9 heteroatoms. The topological polar surface area (TPSA) is 109 Å². The molecule has 0 radical (unpaired) electrons. The molecule has 0 saturated carbocycles. The highest BCUT2D eigenvalue weighted by molar-refractivity contribution is 5.99. The molecule has 0 aliphatic carbocycles. The number of carbonyl (C=O) groups excluding carboxylic acids is 3. The molecule has 1 aromatic carbocycles. The number of hydrogen-bond acceptors (Lipinski definition) is 7. The first-order chi connectivity index (χ1) is 16.2. The Labute approximate surface area is 197 Å². The van der Waals surface area contributed by atoms with Crippen molar-refractivity contribution in [2.24, 2.45) is 7.05 Å². The SMILES string of the molecule is COC(=O)CCCn1c(C)cc(C(=O)COC(=O)CCc2nc3ccccc3c(=O)n2C)c1C. The van der Waals surface area contributed by atoms with Crippen LogP contribution in [0.2, 0.25) is 0 Å². The number of rotatable bonds is 10. The largest absolute Gasteiger partial charge is 0.469 e. The molecule has 0 bridgehead atoms. The van der Waals surface area contributed by atoms with Gasteiger partial charge in [0.25, 0.3) is 5.56 Å². The van der Waals surface area contributed by atoms with Crippen molar-refractivity contribution in [3.8, 4) is 0 Å². The van der Waals surface area contributed by atoms with E-state index >= 15 is 0 Å². The first kappa shape index (κ1) is 24.9. The molecule has 9 nitrogen and oxygen atoms in total. The first-order valence-corrected chi connectivity index (χ1v) is 11.1. The number of nitrogens with zero attached hydrogens (tertiary/aromatic N) is 3. The highest BCUT2D eigenvalue weighted by atomic mass is 16.5. The lowest BCUT2D eigenvalue weighted by molar-refractivity contribution is -0.142. The Morgan fingerprint density at radius 2 is 1.79 bits per heavy atom. The van der Waals surface area contributed by atoms with E-state index in [0.717, 1.165) is 11.4 Å². The van der Waals surface area contributed by atoms with Crippen molar-refractivity contribution in [2.45, 2.75) is 46.1 Å². The van der Waals surface area contributed by atoms with Crippen LogP contribution in [0.4, 0.5) is 0 Å². The van der Waals surface area contributed by atoms with Crippen LogP contribution in [0.5, 0.6) is 0 Å². The number of fused-ring (bicyclic) bond motifs is 1. The molecule has 0 fully saturated rings. The van der Waals surface area contributed by atoms with Gasteiger partial charge in [0.1, 0.15) is 5.82 Å². The molecule has 0 spiro atoms. The van der Waals surface area contributed by atoms with Crippen LogP contribution in [-0.4, -0.2) is 45.6 Å². The Morgan fingerprint density at radius 1 is 1.06 bits per heavy atom. The standard InChI is InChI=1S/C25H29N3O6/c1-16-14-19(17(2)28(16)13-7-10-23(30)33-4)21(29)15-34-24(31)12-11-22-26-20-9-6-5-8-18(20)25(32)27(22)3/h5-6,8-9,14H,7,10-13,15H2,1-4H3. The quantitative estimate of drug-likeness (QED) is 0.333. The average molecular weight is 468 g/mol. The average Bonchev–Trinajstić information content (AvgIpc) is 3.12. The van der Waals surface area contributed by atoms with Crippen molar-refractivity contribution >= 4 is 28.6 Å². The van der Waals surface area contributed by atoms with Gasteiger partial charge in [-0.3, -0.25) is 23.7 Å². The van der Waals surface area contributed by atoms with E-state index in [1.165, 1.54) is 11.7 Å². The second kappa shape index (κ2) is 10.9. The van der Waals surface area contributed by atoms with Gasteiger partial charge in [-0.05, 0) is 38.5 Å². The van der Waals surface area contributed by atoms with E-state index in [1.807, 2.05) is 18.4 Å². The fourth-order valence-electron chi connectivity index (χ4n) is 3.91. The van der Waals surface area contributed by atoms with Crippen LogP contribution < -0.4 is 5.56 Å². The van der Waals surface area contributed by atoms with Crippen molar-refractivity contribution in [1.29, 1.82) is 0 Å². The van der Waals surface area contributed by atoms with Crippen LogP contribution in [0.15, 0.2) is 35.1 Å². The van der Waals surface area contributed by atoms with Crippen LogP contribution in [0.1, 0.15) is 46.8 Å². The summed E-state index contributed by atoms with van der Waals surface area (Å²) in [5.74, 6) is -0.633. The van der Waals surface area contributed by atoms with Crippen molar-refractivity contribution in [3.63, 3.8) is 0 Å². The van der Waals surface area contributed by atoms with Crippen molar-refractivity contribution < 1.29 is 23.9 Å². The number of carbonyl (C=O) groups is 3. The molecule has 34 heavy (non-hydrogen) atoms. The third-order valence-electron chi connectivity index (χ3n) is 5.86. The maximum absolute atomic E-state index is 12.7. The second-order valence-corrected chi connectivity index (χ2v) is 8.11. The van der Waals surface area contributed by atoms with E-state index in [4.69, 9.17) is 4.74 Å². The van der Waals surface area contributed by atoms with Gasteiger partial charge >= 0.3 is 11.9 Å². The highest BCUT2D eigenvalue weighted by Crippen LogP contribution is 2.17. The third-order valence-corrected chi connectivity index (χ3v) is 5.86. The van der Waals surface area contributed by atoms with E-state index in [9.17, 15) is 19.2 Å². The van der Waals surface area contributed by atoms with E-state index in [2.05, 4.69) is 9.72 Å². The zero-order valence-electron chi connectivity index (χ0n) is 19.9. The maximum Gasteiger partial charge on any atom is 0.306 e. The molecule has 2 heterocycles. The molecule has 0 N–H and O–H groups in total. The molecular weight excluding hydrogens is 438 g/mol. The Balaban J connectivity index is 1.56. The summed E-state index contributed by atoms with van der Waals surface area (Å²) in [6, 6.07) is 8.81. The smallest absolute Gasteiger partial charge is 0.306 e. The minimum absolute atomic E-state index is 0.00154. The Kier molecular flexibility index (Phi) is 7.99. The number of aromatic nitrogens is 3. The zero-order chi connectivity index (χ0) is 24.8. The van der Waals surface area contributed by atoms with Crippen LogP contribution >= 0.6 is 0 Å². The molecule has 180 valence electrons. The number of Topliss-reactive ketones (excluding diaryl/α,β-unsaturated/α-hetero) is 1.